The Bertz CT molecular complexity index is 432. The van der Waals surface area contributed by atoms with Crippen LogP contribution in [-0.2, 0) is 4.79 Å². The summed E-state index contributed by atoms with van der Waals surface area (Å²) in [4.78, 5) is 15.2. The van der Waals surface area contributed by atoms with Gasteiger partial charge in [-0.2, -0.15) is 0 Å². The predicted molar refractivity (Wildman–Crippen MR) is 110 cm³/mol. The molecule has 0 aromatic heterocycles. The van der Waals surface area contributed by atoms with Gasteiger partial charge in [-0.25, -0.2) is 0 Å². The molecule has 1 fully saturated rings. The van der Waals surface area contributed by atoms with Gasteiger partial charge in [0, 0.05) is 19.0 Å². The second-order valence-electron chi connectivity index (χ2n) is 10.9. The molecule has 2 nitrogen and oxygen atoms in total. The molecule has 1 heterocycles. The summed E-state index contributed by atoms with van der Waals surface area (Å²) < 4.78 is 0. The van der Waals surface area contributed by atoms with Gasteiger partial charge in [-0.05, 0) is 47.8 Å². The maximum atomic E-state index is 13.0. The molecule has 1 rings (SSSR count). The second-order valence-corrected chi connectivity index (χ2v) is 10.9. The summed E-state index contributed by atoms with van der Waals surface area (Å²) in [5, 5.41) is 0. The van der Waals surface area contributed by atoms with Gasteiger partial charge in [0.1, 0.15) is 0 Å². The molecule has 0 aromatic carbocycles. The first-order valence-electron chi connectivity index (χ1n) is 10.6. The molecule has 25 heavy (non-hydrogen) atoms. The Morgan fingerprint density at radius 3 is 2.04 bits per heavy atom. The maximum Gasteiger partial charge on any atom is 0.222 e. The molecule has 1 amide bonds. The summed E-state index contributed by atoms with van der Waals surface area (Å²) in [6.07, 6.45) is 7.63. The Morgan fingerprint density at radius 1 is 0.960 bits per heavy atom. The highest BCUT2D eigenvalue weighted by Crippen LogP contribution is 2.52. The van der Waals surface area contributed by atoms with E-state index in [1.54, 1.807) is 0 Å². The minimum absolute atomic E-state index is 0.0965. The summed E-state index contributed by atoms with van der Waals surface area (Å²) in [5.74, 6) is 1.07. The Hall–Kier alpha value is -0.530. The van der Waals surface area contributed by atoms with Crippen LogP contribution >= 0.6 is 0 Å². The normalized spacial score (nSPS) is 21.2. The number of carbonyl (C=O) groups is 1. The third-order valence-electron chi connectivity index (χ3n) is 6.82. The van der Waals surface area contributed by atoms with Crippen molar-refractivity contribution in [2.45, 2.75) is 113 Å². The molecular weight excluding hydrogens is 306 g/mol. The van der Waals surface area contributed by atoms with Crippen LogP contribution in [0.4, 0.5) is 0 Å². The van der Waals surface area contributed by atoms with Crippen molar-refractivity contribution in [1.29, 1.82) is 0 Å². The van der Waals surface area contributed by atoms with Gasteiger partial charge in [0.2, 0.25) is 5.91 Å². The van der Waals surface area contributed by atoms with Gasteiger partial charge in [0.25, 0.3) is 0 Å². The van der Waals surface area contributed by atoms with Crippen LogP contribution in [0.5, 0.6) is 0 Å². The first-order chi connectivity index (χ1) is 11.3. The molecule has 0 bridgehead atoms. The van der Waals surface area contributed by atoms with Crippen molar-refractivity contribution in [2.75, 3.05) is 6.54 Å². The van der Waals surface area contributed by atoms with Crippen LogP contribution in [0.25, 0.3) is 0 Å². The Morgan fingerprint density at radius 2 is 1.56 bits per heavy atom. The molecule has 0 aliphatic carbocycles. The second kappa shape index (κ2) is 8.44. The molecule has 0 N–H and O–H groups in total. The van der Waals surface area contributed by atoms with Crippen molar-refractivity contribution in [3.8, 4) is 0 Å². The lowest BCUT2D eigenvalue weighted by Gasteiger charge is -2.54. The van der Waals surface area contributed by atoms with Gasteiger partial charge in [-0.3, -0.25) is 4.79 Å². The van der Waals surface area contributed by atoms with Crippen LogP contribution in [0, 0.1) is 22.2 Å². The lowest BCUT2D eigenvalue weighted by molar-refractivity contribution is -0.140. The third-order valence-corrected chi connectivity index (χ3v) is 6.82. The van der Waals surface area contributed by atoms with Crippen LogP contribution in [-0.4, -0.2) is 23.4 Å². The summed E-state index contributed by atoms with van der Waals surface area (Å²) >= 11 is 0. The van der Waals surface area contributed by atoms with Gasteiger partial charge >= 0.3 is 0 Å². The summed E-state index contributed by atoms with van der Waals surface area (Å²) in [6.45, 7) is 22.3. The molecule has 1 saturated heterocycles. The topological polar surface area (TPSA) is 20.3 Å². The molecule has 1 aliphatic heterocycles. The average molecular weight is 352 g/mol. The van der Waals surface area contributed by atoms with Gasteiger partial charge in [0.15, 0.2) is 0 Å². The highest BCUT2D eigenvalue weighted by atomic mass is 16.2. The predicted octanol–water partition coefficient (Wildman–Crippen LogP) is 6.68. The molecule has 0 aromatic rings. The summed E-state index contributed by atoms with van der Waals surface area (Å²) in [6, 6.07) is 0.321. The molecule has 2 heteroatoms. The molecule has 0 spiro atoms. The Kier molecular flexibility index (Phi) is 7.60. The van der Waals surface area contributed by atoms with E-state index in [0.717, 1.165) is 32.2 Å². The zero-order valence-electron chi connectivity index (χ0n) is 18.7. The quantitative estimate of drug-likeness (QED) is 0.501. The molecule has 0 radical (unpaired) electrons. The molecule has 2 unspecified atom stereocenters. The monoisotopic (exact) mass is 351 g/mol. The van der Waals surface area contributed by atoms with Crippen molar-refractivity contribution < 1.29 is 4.79 Å². The van der Waals surface area contributed by atoms with Crippen LogP contribution in [0.1, 0.15) is 107 Å². The molecular formula is C23H45NO. The van der Waals surface area contributed by atoms with E-state index < -0.39 is 0 Å². The fraction of sp³-hybridized carbons (Fsp3) is 0.957. The van der Waals surface area contributed by atoms with Crippen LogP contribution in [0.15, 0.2) is 0 Å². The number of carbonyl (C=O) groups excluding carboxylic acids is 1. The first-order valence-corrected chi connectivity index (χ1v) is 10.6. The first kappa shape index (κ1) is 22.5. The number of rotatable bonds is 7. The van der Waals surface area contributed by atoms with E-state index in [2.05, 4.69) is 67.2 Å². The van der Waals surface area contributed by atoms with Crippen LogP contribution in [0.3, 0.4) is 0 Å². The number of hydrogen-bond donors (Lipinski definition) is 0. The van der Waals surface area contributed by atoms with Crippen molar-refractivity contribution in [3.63, 3.8) is 0 Å². The molecule has 0 saturated carbocycles. The fourth-order valence-corrected chi connectivity index (χ4v) is 4.83. The standard InChI is InChI=1S/C23H45NO/c1-10-23(9,16-18(2)3)22(7,8)19(17-21(4,5)6)24-15-13-11-12-14-20(24)25/h18-19H,10-17H2,1-9H3. The highest BCUT2D eigenvalue weighted by molar-refractivity contribution is 5.76. The lowest BCUT2D eigenvalue weighted by atomic mass is 9.56. The summed E-state index contributed by atoms with van der Waals surface area (Å²) in [7, 11) is 0. The molecule has 1 aliphatic rings. The van der Waals surface area contributed by atoms with Crippen molar-refractivity contribution in [3.05, 3.63) is 0 Å². The minimum atomic E-state index is 0.0965. The van der Waals surface area contributed by atoms with E-state index in [4.69, 9.17) is 0 Å². The van der Waals surface area contributed by atoms with Gasteiger partial charge in [-0.15, -0.1) is 0 Å². The van der Waals surface area contributed by atoms with Crippen molar-refractivity contribution in [1.82, 2.24) is 4.90 Å². The maximum absolute atomic E-state index is 13.0. The largest absolute Gasteiger partial charge is 0.339 e. The zero-order valence-corrected chi connectivity index (χ0v) is 18.7. The third kappa shape index (κ3) is 5.73. The highest BCUT2D eigenvalue weighted by Gasteiger charge is 2.49. The minimum Gasteiger partial charge on any atom is -0.339 e. The Balaban J connectivity index is 3.30. The van der Waals surface area contributed by atoms with Crippen LogP contribution < -0.4 is 0 Å². The number of likely N-dealkylation sites (tertiary alicyclic amines) is 1. The van der Waals surface area contributed by atoms with Crippen molar-refractivity contribution in [2.24, 2.45) is 22.2 Å². The number of nitrogens with zero attached hydrogens (tertiary/aromatic N) is 1. The summed E-state index contributed by atoms with van der Waals surface area (Å²) in [5.41, 5.74) is 0.559. The van der Waals surface area contributed by atoms with E-state index in [1.165, 1.54) is 19.3 Å². The smallest absolute Gasteiger partial charge is 0.222 e. The van der Waals surface area contributed by atoms with E-state index >= 15 is 0 Å². The fourth-order valence-electron chi connectivity index (χ4n) is 4.83. The van der Waals surface area contributed by atoms with Gasteiger partial charge in [0.05, 0.1) is 0 Å². The van der Waals surface area contributed by atoms with Crippen molar-refractivity contribution >= 4 is 5.91 Å². The average Bonchev–Trinajstić information content (AvgIpc) is 2.67. The van der Waals surface area contributed by atoms with Gasteiger partial charge < -0.3 is 4.90 Å². The number of hydrogen-bond acceptors (Lipinski definition) is 1. The van der Waals surface area contributed by atoms with Crippen LogP contribution in [0.2, 0.25) is 0 Å². The molecule has 148 valence electrons. The van der Waals surface area contributed by atoms with Gasteiger partial charge in [-0.1, -0.05) is 75.2 Å². The van der Waals surface area contributed by atoms with E-state index in [0.29, 0.717) is 17.9 Å². The van der Waals surface area contributed by atoms with E-state index in [1.807, 2.05) is 0 Å². The SMILES string of the molecule is CCC(C)(CC(C)C)C(C)(C)C(CC(C)(C)C)N1CCCCCC1=O. The lowest BCUT2D eigenvalue weighted by Crippen LogP contribution is -2.55. The number of amides is 1. The Labute approximate surface area is 158 Å². The molecule has 2 atom stereocenters. The van der Waals surface area contributed by atoms with E-state index in [-0.39, 0.29) is 16.2 Å². The zero-order chi connectivity index (χ0) is 19.5. The van der Waals surface area contributed by atoms with E-state index in [9.17, 15) is 4.79 Å².